The van der Waals surface area contributed by atoms with Crippen molar-refractivity contribution in [1.29, 1.82) is 0 Å². The van der Waals surface area contributed by atoms with Crippen molar-refractivity contribution in [3.05, 3.63) is 93.8 Å². The summed E-state index contributed by atoms with van der Waals surface area (Å²) in [5, 5.41) is 3.99. The maximum absolute atomic E-state index is 13.4. The van der Waals surface area contributed by atoms with E-state index >= 15 is 0 Å². The van der Waals surface area contributed by atoms with E-state index in [0.717, 1.165) is 28.1 Å². The van der Waals surface area contributed by atoms with E-state index in [1.54, 1.807) is 10.6 Å². The summed E-state index contributed by atoms with van der Waals surface area (Å²) in [6, 6.07) is 20.9. The van der Waals surface area contributed by atoms with Crippen molar-refractivity contribution in [3.63, 3.8) is 0 Å². The third-order valence-corrected chi connectivity index (χ3v) is 6.10. The average Bonchev–Trinajstić information content (AvgIpc) is 2.75. The summed E-state index contributed by atoms with van der Waals surface area (Å²) in [6.45, 7) is 5.90. The molecule has 4 rings (SSSR count). The van der Waals surface area contributed by atoms with Gasteiger partial charge in [0.15, 0.2) is 5.16 Å². The average molecular weight is 430 g/mol. The van der Waals surface area contributed by atoms with Crippen LogP contribution in [0.1, 0.15) is 16.7 Å². The highest BCUT2D eigenvalue weighted by Gasteiger charge is 2.17. The Morgan fingerprint density at radius 3 is 2.29 bits per heavy atom. The van der Waals surface area contributed by atoms with E-state index in [9.17, 15) is 9.59 Å². The molecule has 0 aliphatic heterocycles. The van der Waals surface area contributed by atoms with Crippen molar-refractivity contribution in [2.45, 2.75) is 25.9 Å². The minimum atomic E-state index is -0.144. The molecule has 6 heteroatoms. The zero-order valence-electron chi connectivity index (χ0n) is 17.7. The van der Waals surface area contributed by atoms with Gasteiger partial charge in [-0.05, 0) is 55.7 Å². The number of amides is 1. The molecule has 156 valence electrons. The Morgan fingerprint density at radius 1 is 0.903 bits per heavy atom. The van der Waals surface area contributed by atoms with Crippen LogP contribution in [0.2, 0.25) is 0 Å². The quantitative estimate of drug-likeness (QED) is 0.356. The van der Waals surface area contributed by atoms with Crippen molar-refractivity contribution < 1.29 is 4.79 Å². The highest BCUT2D eigenvalue weighted by atomic mass is 32.2. The summed E-state index contributed by atoms with van der Waals surface area (Å²) in [6.07, 6.45) is 0. The molecule has 0 aliphatic rings. The largest absolute Gasteiger partial charge is 0.325 e. The number of hydrogen-bond donors (Lipinski definition) is 1. The minimum Gasteiger partial charge on any atom is -0.325 e. The lowest BCUT2D eigenvalue weighted by molar-refractivity contribution is -0.113. The normalized spacial score (nSPS) is 10.9. The molecule has 0 saturated carbocycles. The van der Waals surface area contributed by atoms with Gasteiger partial charge in [0.25, 0.3) is 5.56 Å². The Kier molecular flexibility index (Phi) is 5.91. The van der Waals surface area contributed by atoms with Crippen LogP contribution in [0.25, 0.3) is 16.6 Å². The SMILES string of the molecule is Cc1ccccc1NC(=O)CSc1nc2ccccc2c(=O)n1-c1c(C)cccc1C. The lowest BCUT2D eigenvalue weighted by Gasteiger charge is -2.17. The number of thioether (sulfide) groups is 1. The number of rotatable bonds is 5. The molecular formula is C25H23N3O2S. The fourth-order valence-electron chi connectivity index (χ4n) is 3.59. The molecule has 5 nitrogen and oxygen atoms in total. The van der Waals surface area contributed by atoms with E-state index in [4.69, 9.17) is 4.98 Å². The zero-order valence-corrected chi connectivity index (χ0v) is 18.5. The molecule has 1 N–H and O–H groups in total. The molecule has 0 fully saturated rings. The van der Waals surface area contributed by atoms with Crippen LogP contribution in [0.15, 0.2) is 76.7 Å². The number of nitrogens with zero attached hydrogens (tertiary/aromatic N) is 2. The number of anilines is 1. The Hall–Kier alpha value is -3.38. The van der Waals surface area contributed by atoms with Crippen LogP contribution in [0.3, 0.4) is 0 Å². The first-order chi connectivity index (χ1) is 15.0. The first kappa shape index (κ1) is 20.9. The number of carbonyl (C=O) groups excluding carboxylic acids is 1. The van der Waals surface area contributed by atoms with Gasteiger partial charge < -0.3 is 5.32 Å². The van der Waals surface area contributed by atoms with Gasteiger partial charge >= 0.3 is 0 Å². The predicted molar refractivity (Wildman–Crippen MR) is 127 cm³/mol. The van der Waals surface area contributed by atoms with Gasteiger partial charge in [-0.25, -0.2) is 4.98 Å². The molecule has 1 aromatic heterocycles. The van der Waals surface area contributed by atoms with Crippen molar-refractivity contribution in [1.82, 2.24) is 9.55 Å². The Morgan fingerprint density at radius 2 is 1.55 bits per heavy atom. The van der Waals surface area contributed by atoms with Crippen molar-refractivity contribution in [2.24, 2.45) is 0 Å². The van der Waals surface area contributed by atoms with E-state index in [0.29, 0.717) is 16.1 Å². The number of nitrogens with one attached hydrogen (secondary N) is 1. The van der Waals surface area contributed by atoms with Crippen LogP contribution >= 0.6 is 11.8 Å². The number of para-hydroxylation sites is 3. The van der Waals surface area contributed by atoms with Gasteiger partial charge in [0.2, 0.25) is 5.91 Å². The summed E-state index contributed by atoms with van der Waals surface area (Å²) in [7, 11) is 0. The standard InChI is InChI=1S/C25H23N3O2S/c1-16-9-4-6-13-20(16)26-22(29)15-31-25-27-21-14-7-5-12-19(21)24(30)28(25)23-17(2)10-8-11-18(23)3/h4-14H,15H2,1-3H3,(H,26,29). The topological polar surface area (TPSA) is 64.0 Å². The molecule has 31 heavy (non-hydrogen) atoms. The Bertz CT molecular complexity index is 1320. The van der Waals surface area contributed by atoms with Gasteiger partial charge in [-0.2, -0.15) is 0 Å². The first-order valence-corrected chi connectivity index (χ1v) is 11.0. The van der Waals surface area contributed by atoms with Crippen LogP contribution in [0, 0.1) is 20.8 Å². The number of hydrogen-bond acceptors (Lipinski definition) is 4. The molecule has 0 spiro atoms. The van der Waals surface area contributed by atoms with Crippen LogP contribution in [0.4, 0.5) is 5.69 Å². The fourth-order valence-corrected chi connectivity index (χ4v) is 4.39. The number of aromatic nitrogens is 2. The molecule has 3 aromatic carbocycles. The minimum absolute atomic E-state index is 0.134. The fraction of sp³-hybridized carbons (Fsp3) is 0.160. The van der Waals surface area contributed by atoms with Crippen molar-refractivity contribution in [3.8, 4) is 5.69 Å². The Balaban J connectivity index is 1.74. The van der Waals surface area contributed by atoms with Gasteiger partial charge in [0.05, 0.1) is 22.3 Å². The molecule has 0 unspecified atom stereocenters. The van der Waals surface area contributed by atoms with Gasteiger partial charge in [-0.15, -0.1) is 0 Å². The summed E-state index contributed by atoms with van der Waals surface area (Å²) in [5.41, 5.74) is 5.04. The molecule has 1 amide bonds. The van der Waals surface area contributed by atoms with Gasteiger partial charge in [0.1, 0.15) is 0 Å². The van der Waals surface area contributed by atoms with Crippen molar-refractivity contribution in [2.75, 3.05) is 11.1 Å². The zero-order chi connectivity index (χ0) is 22.0. The lowest BCUT2D eigenvalue weighted by atomic mass is 10.1. The highest BCUT2D eigenvalue weighted by Crippen LogP contribution is 2.25. The molecular weight excluding hydrogens is 406 g/mol. The number of fused-ring (bicyclic) bond motifs is 1. The van der Waals surface area contributed by atoms with E-state index in [1.807, 2.05) is 81.4 Å². The third-order valence-electron chi connectivity index (χ3n) is 5.16. The number of carbonyl (C=O) groups is 1. The predicted octanol–water partition coefficient (Wildman–Crippen LogP) is 5.04. The molecule has 4 aromatic rings. The molecule has 0 aliphatic carbocycles. The van der Waals surface area contributed by atoms with Crippen LogP contribution in [-0.4, -0.2) is 21.2 Å². The van der Waals surface area contributed by atoms with E-state index < -0.39 is 0 Å². The second kappa shape index (κ2) is 8.78. The summed E-state index contributed by atoms with van der Waals surface area (Å²) in [4.78, 5) is 30.8. The maximum Gasteiger partial charge on any atom is 0.266 e. The molecule has 0 radical (unpaired) electrons. The third kappa shape index (κ3) is 4.25. The second-order valence-electron chi connectivity index (χ2n) is 7.44. The van der Waals surface area contributed by atoms with Gasteiger partial charge in [-0.3, -0.25) is 14.2 Å². The summed E-state index contributed by atoms with van der Waals surface area (Å²) in [5.74, 6) is -0.000838. The van der Waals surface area contributed by atoms with Crippen molar-refractivity contribution >= 4 is 34.3 Å². The van der Waals surface area contributed by atoms with Gasteiger partial charge in [0, 0.05) is 5.69 Å². The molecule has 1 heterocycles. The molecule has 0 bridgehead atoms. The number of benzene rings is 3. The highest BCUT2D eigenvalue weighted by molar-refractivity contribution is 7.99. The smallest absolute Gasteiger partial charge is 0.266 e. The number of aryl methyl sites for hydroxylation is 3. The lowest BCUT2D eigenvalue weighted by Crippen LogP contribution is -2.24. The van der Waals surface area contributed by atoms with E-state index in [1.165, 1.54) is 11.8 Å². The second-order valence-corrected chi connectivity index (χ2v) is 8.39. The van der Waals surface area contributed by atoms with Crippen LogP contribution in [0.5, 0.6) is 0 Å². The van der Waals surface area contributed by atoms with E-state index in [-0.39, 0.29) is 17.2 Å². The van der Waals surface area contributed by atoms with Crippen LogP contribution in [-0.2, 0) is 4.79 Å². The first-order valence-electron chi connectivity index (χ1n) is 10.0. The van der Waals surface area contributed by atoms with Crippen LogP contribution < -0.4 is 10.9 Å². The summed E-state index contributed by atoms with van der Waals surface area (Å²) >= 11 is 1.26. The Labute approximate surface area is 185 Å². The summed E-state index contributed by atoms with van der Waals surface area (Å²) < 4.78 is 1.64. The maximum atomic E-state index is 13.4. The molecule has 0 saturated heterocycles. The van der Waals surface area contributed by atoms with E-state index in [2.05, 4.69) is 5.32 Å². The van der Waals surface area contributed by atoms with Gasteiger partial charge in [-0.1, -0.05) is 60.3 Å². The monoisotopic (exact) mass is 429 g/mol. The molecule has 0 atom stereocenters.